The fourth-order valence-electron chi connectivity index (χ4n) is 5.76. The van der Waals surface area contributed by atoms with Crippen molar-refractivity contribution in [3.63, 3.8) is 0 Å². The van der Waals surface area contributed by atoms with E-state index >= 15 is 0 Å². The van der Waals surface area contributed by atoms with Crippen molar-refractivity contribution in [2.24, 2.45) is 0 Å². The predicted molar refractivity (Wildman–Crippen MR) is 197 cm³/mol. The largest absolute Gasteiger partial charge is 0.490 e. The molecule has 0 saturated carbocycles. The third kappa shape index (κ3) is 9.86. The Balaban J connectivity index is 1.73. The summed E-state index contributed by atoms with van der Waals surface area (Å²) in [6, 6.07) is 17.2. The molecular weight excluding hydrogens is 632 g/mol. The second kappa shape index (κ2) is 16.5. The molecule has 0 aromatic heterocycles. The third-order valence-electron chi connectivity index (χ3n) is 9.04. The van der Waals surface area contributed by atoms with Crippen molar-refractivity contribution >= 4 is 11.9 Å². The van der Waals surface area contributed by atoms with Crippen LogP contribution in [0.2, 0.25) is 0 Å². The van der Waals surface area contributed by atoms with E-state index in [9.17, 15) is 19.8 Å². The Labute approximate surface area is 297 Å². The van der Waals surface area contributed by atoms with Gasteiger partial charge in [-0.15, -0.1) is 0 Å². The summed E-state index contributed by atoms with van der Waals surface area (Å²) in [7, 11) is 0. The Kier molecular flexibility index (Phi) is 13.2. The number of carbonyl (C=O) groups excluding carboxylic acids is 2. The van der Waals surface area contributed by atoms with Crippen LogP contribution >= 0.6 is 0 Å². The van der Waals surface area contributed by atoms with E-state index in [1.807, 2.05) is 27.7 Å². The molecule has 270 valence electrons. The summed E-state index contributed by atoms with van der Waals surface area (Å²) >= 11 is 0. The van der Waals surface area contributed by atoms with Gasteiger partial charge in [-0.2, -0.15) is 0 Å². The predicted octanol–water partition coefficient (Wildman–Crippen LogP) is 7.29. The van der Waals surface area contributed by atoms with Gasteiger partial charge in [0.15, 0.2) is 0 Å². The molecule has 0 radical (unpaired) electrons. The fourth-order valence-corrected chi connectivity index (χ4v) is 5.76. The lowest BCUT2D eigenvalue weighted by Crippen LogP contribution is -2.26. The average molecular weight is 687 g/mol. The molecule has 0 saturated heterocycles. The highest BCUT2D eigenvalue weighted by Crippen LogP contribution is 2.39. The number of aliphatic hydroxyl groups is 2. The maximum absolute atomic E-state index is 11.6. The van der Waals surface area contributed by atoms with Crippen LogP contribution in [0, 0.1) is 27.7 Å². The lowest BCUT2D eigenvalue weighted by Gasteiger charge is -2.31. The van der Waals surface area contributed by atoms with E-state index in [2.05, 4.69) is 89.4 Å². The van der Waals surface area contributed by atoms with E-state index in [1.165, 1.54) is 11.1 Å². The first-order chi connectivity index (χ1) is 23.2. The minimum atomic E-state index is -0.958. The van der Waals surface area contributed by atoms with Crippen molar-refractivity contribution < 1.29 is 38.7 Å². The first-order valence-corrected chi connectivity index (χ1v) is 16.9. The number of hydrogen-bond acceptors (Lipinski definition) is 8. The molecule has 2 N–H and O–H groups in total. The Morgan fingerprint density at radius 1 is 0.580 bits per heavy atom. The maximum atomic E-state index is 11.6. The summed E-state index contributed by atoms with van der Waals surface area (Å²) in [4.78, 5) is 23.3. The zero-order chi connectivity index (χ0) is 37.6. The maximum Gasteiger partial charge on any atom is 0.333 e. The molecule has 50 heavy (non-hydrogen) atoms. The van der Waals surface area contributed by atoms with Crippen LogP contribution in [0.5, 0.6) is 11.5 Å². The minimum absolute atomic E-state index is 0.00214. The van der Waals surface area contributed by atoms with E-state index < -0.39 is 24.1 Å². The second-order valence-electron chi connectivity index (χ2n) is 14.4. The van der Waals surface area contributed by atoms with Crippen molar-refractivity contribution in [2.75, 3.05) is 26.4 Å². The lowest BCUT2D eigenvalue weighted by molar-refractivity contribution is -0.143. The lowest BCUT2D eigenvalue weighted by atomic mass is 9.74. The van der Waals surface area contributed by atoms with Crippen LogP contribution in [0.15, 0.2) is 72.8 Å². The first kappa shape index (κ1) is 40.0. The molecule has 0 spiro atoms. The number of hydrogen-bond donors (Lipinski definition) is 2. The molecule has 0 heterocycles. The van der Waals surface area contributed by atoms with Gasteiger partial charge in [0.05, 0.1) is 0 Å². The van der Waals surface area contributed by atoms with Crippen LogP contribution in [-0.2, 0) is 29.9 Å². The van der Waals surface area contributed by atoms with Gasteiger partial charge in [-0.05, 0) is 86.1 Å². The molecule has 0 aliphatic carbocycles. The Morgan fingerprint density at radius 3 is 1.12 bits per heavy atom. The zero-order valence-electron chi connectivity index (χ0n) is 31.4. The van der Waals surface area contributed by atoms with Gasteiger partial charge in [-0.25, -0.2) is 9.59 Å². The van der Waals surface area contributed by atoms with Crippen LogP contribution in [0.25, 0.3) is 0 Å². The fraction of sp³-hybridized carbons (Fsp3) is 0.429. The van der Waals surface area contributed by atoms with Gasteiger partial charge in [0.1, 0.15) is 50.1 Å². The minimum Gasteiger partial charge on any atom is -0.490 e. The number of aliphatic hydroxyl groups excluding tert-OH is 2. The van der Waals surface area contributed by atoms with Crippen LogP contribution in [0.1, 0.15) is 86.1 Å². The first-order valence-electron chi connectivity index (χ1n) is 16.9. The Morgan fingerprint density at radius 2 is 0.860 bits per heavy atom. The highest BCUT2D eigenvalue weighted by atomic mass is 16.6. The highest BCUT2D eigenvalue weighted by molar-refractivity contribution is 5.87. The third-order valence-corrected chi connectivity index (χ3v) is 9.04. The SMILES string of the molecule is C=C(C)C(=O)OCC(O)COc1c(C)cc(C(C)(C)c2ccc(C(C)(C)c3cc(C)c(OCC(O)COC(=O)C(=C)C)c(C)c3)cc2)cc1C. The molecule has 3 aromatic rings. The number of rotatable bonds is 16. The summed E-state index contributed by atoms with van der Waals surface area (Å²) in [6.45, 7) is 26.7. The molecule has 3 rings (SSSR count). The topological polar surface area (TPSA) is 112 Å². The van der Waals surface area contributed by atoms with Gasteiger partial charge in [0.25, 0.3) is 0 Å². The molecule has 0 aliphatic rings. The molecule has 0 fully saturated rings. The smallest absolute Gasteiger partial charge is 0.333 e. The van der Waals surface area contributed by atoms with E-state index in [0.29, 0.717) is 11.5 Å². The van der Waals surface area contributed by atoms with E-state index in [0.717, 1.165) is 33.4 Å². The summed E-state index contributed by atoms with van der Waals surface area (Å²) in [5.41, 5.74) is 8.40. The van der Waals surface area contributed by atoms with Crippen LogP contribution in [-0.4, -0.2) is 60.8 Å². The van der Waals surface area contributed by atoms with Crippen molar-refractivity contribution in [1.82, 2.24) is 0 Å². The summed E-state index contributed by atoms with van der Waals surface area (Å²) in [5, 5.41) is 20.5. The number of esters is 2. The highest BCUT2D eigenvalue weighted by Gasteiger charge is 2.28. The van der Waals surface area contributed by atoms with Crippen LogP contribution < -0.4 is 9.47 Å². The van der Waals surface area contributed by atoms with Crippen LogP contribution in [0.3, 0.4) is 0 Å². The van der Waals surface area contributed by atoms with E-state index in [1.54, 1.807) is 13.8 Å². The normalized spacial score (nSPS) is 12.9. The standard InChI is InChI=1S/C42H54O8/c1-25(2)39(45)49-23-35(43)21-47-37-27(5)17-33(18-28(37)6)41(9,10)31-13-15-32(16-14-31)42(11,12)34-19-29(7)38(30(8)20-34)48-22-36(44)24-50-40(46)26(3)4/h13-20,35-36,43-44H,1,3,21-24H2,2,4-12H3. The number of benzene rings is 3. The van der Waals surface area contributed by atoms with E-state index in [-0.39, 0.29) is 48.4 Å². The molecule has 8 heteroatoms. The number of carbonyl (C=O) groups is 2. The summed E-state index contributed by atoms with van der Waals surface area (Å²) in [6.07, 6.45) is -1.92. The van der Waals surface area contributed by atoms with Crippen LogP contribution in [0.4, 0.5) is 0 Å². The van der Waals surface area contributed by atoms with Crippen molar-refractivity contribution in [2.45, 2.75) is 92.3 Å². The second-order valence-corrected chi connectivity index (χ2v) is 14.4. The molecule has 0 amide bonds. The van der Waals surface area contributed by atoms with Crippen molar-refractivity contribution in [1.29, 1.82) is 0 Å². The van der Waals surface area contributed by atoms with Gasteiger partial charge >= 0.3 is 11.9 Å². The monoisotopic (exact) mass is 686 g/mol. The van der Waals surface area contributed by atoms with Gasteiger partial charge in [0.2, 0.25) is 0 Å². The molecule has 2 atom stereocenters. The molecule has 3 aromatic carbocycles. The zero-order valence-corrected chi connectivity index (χ0v) is 31.4. The number of aryl methyl sites for hydroxylation is 4. The molecular formula is C42H54O8. The molecule has 0 bridgehead atoms. The number of ether oxygens (including phenoxy) is 4. The quantitative estimate of drug-likeness (QED) is 0.119. The summed E-state index contributed by atoms with van der Waals surface area (Å²) in [5.74, 6) is 0.325. The van der Waals surface area contributed by atoms with Crippen molar-refractivity contribution in [3.05, 3.63) is 117 Å². The Hall–Kier alpha value is -4.40. The Bertz CT molecular complexity index is 1540. The average Bonchev–Trinajstić information content (AvgIpc) is 3.04. The molecule has 0 aliphatic heterocycles. The van der Waals surface area contributed by atoms with Gasteiger partial charge in [-0.3, -0.25) is 0 Å². The van der Waals surface area contributed by atoms with Gasteiger partial charge in [0, 0.05) is 22.0 Å². The summed E-state index contributed by atoms with van der Waals surface area (Å²) < 4.78 is 22.0. The van der Waals surface area contributed by atoms with Crippen molar-refractivity contribution in [3.8, 4) is 11.5 Å². The molecule has 8 nitrogen and oxygen atoms in total. The van der Waals surface area contributed by atoms with Gasteiger partial charge < -0.3 is 29.2 Å². The molecule has 2 unspecified atom stereocenters. The van der Waals surface area contributed by atoms with E-state index in [4.69, 9.17) is 18.9 Å². The van der Waals surface area contributed by atoms with Gasteiger partial charge in [-0.1, -0.05) is 89.4 Å².